The van der Waals surface area contributed by atoms with Gasteiger partial charge < -0.3 is 10.2 Å². The van der Waals surface area contributed by atoms with Gasteiger partial charge in [0.25, 0.3) is 0 Å². The minimum atomic E-state index is 0.753. The van der Waals surface area contributed by atoms with Crippen LogP contribution in [0.3, 0.4) is 0 Å². The van der Waals surface area contributed by atoms with Gasteiger partial charge in [0.1, 0.15) is 0 Å². The monoisotopic (exact) mass is 231 g/mol. The molecule has 0 aliphatic carbocycles. The summed E-state index contributed by atoms with van der Waals surface area (Å²) in [5.74, 6) is 0. The van der Waals surface area contributed by atoms with Crippen molar-refractivity contribution in [3.8, 4) is 6.07 Å². The highest BCUT2D eigenvalue weighted by molar-refractivity contribution is 5.51. The second-order valence-electron chi connectivity index (χ2n) is 4.58. The van der Waals surface area contributed by atoms with Gasteiger partial charge in [0.2, 0.25) is 0 Å². The van der Waals surface area contributed by atoms with Gasteiger partial charge in [-0.1, -0.05) is 0 Å². The first kappa shape index (κ1) is 13.5. The highest BCUT2D eigenvalue weighted by Crippen LogP contribution is 2.14. The number of nitrogens with one attached hydrogen (secondary N) is 1. The molecule has 0 atom stereocenters. The Bertz CT molecular complexity index is 391. The SMILES string of the molecule is Cc1cc(NCCCCN(C)C)ccc1C#N. The number of hydrogen-bond donors (Lipinski definition) is 1. The minimum absolute atomic E-state index is 0.753. The van der Waals surface area contributed by atoms with Crippen molar-refractivity contribution in [2.24, 2.45) is 0 Å². The number of anilines is 1. The van der Waals surface area contributed by atoms with E-state index in [9.17, 15) is 0 Å². The van der Waals surface area contributed by atoms with Gasteiger partial charge in [-0.3, -0.25) is 0 Å². The van der Waals surface area contributed by atoms with E-state index in [2.05, 4.69) is 30.4 Å². The summed E-state index contributed by atoms with van der Waals surface area (Å²) in [6, 6.07) is 8.05. The molecule has 1 aromatic carbocycles. The van der Waals surface area contributed by atoms with Gasteiger partial charge in [0.15, 0.2) is 0 Å². The summed E-state index contributed by atoms with van der Waals surface area (Å²) < 4.78 is 0. The molecule has 0 amide bonds. The van der Waals surface area contributed by atoms with Gasteiger partial charge in [0.05, 0.1) is 11.6 Å². The van der Waals surface area contributed by atoms with Gasteiger partial charge in [-0.2, -0.15) is 5.26 Å². The highest BCUT2D eigenvalue weighted by atomic mass is 15.0. The van der Waals surface area contributed by atoms with Crippen molar-refractivity contribution >= 4 is 5.69 Å². The van der Waals surface area contributed by atoms with Gasteiger partial charge in [-0.25, -0.2) is 0 Å². The standard InChI is InChI=1S/C14H21N3/c1-12-10-14(7-6-13(12)11-15)16-8-4-5-9-17(2)3/h6-7,10,16H,4-5,8-9H2,1-3H3. The van der Waals surface area contributed by atoms with Crippen LogP contribution >= 0.6 is 0 Å². The fourth-order valence-electron chi connectivity index (χ4n) is 1.68. The lowest BCUT2D eigenvalue weighted by Gasteiger charge is -2.10. The normalized spacial score (nSPS) is 10.3. The summed E-state index contributed by atoms with van der Waals surface area (Å²) in [6.45, 7) is 4.09. The summed E-state index contributed by atoms with van der Waals surface area (Å²) in [5, 5.41) is 12.2. The van der Waals surface area contributed by atoms with E-state index in [1.54, 1.807) is 0 Å². The van der Waals surface area contributed by atoms with Crippen LogP contribution in [-0.4, -0.2) is 32.1 Å². The molecule has 1 aromatic rings. The number of unbranched alkanes of at least 4 members (excludes halogenated alkanes) is 1. The molecule has 0 bridgehead atoms. The third-order valence-corrected chi connectivity index (χ3v) is 2.71. The van der Waals surface area contributed by atoms with Gasteiger partial charge in [-0.05, 0) is 64.2 Å². The van der Waals surface area contributed by atoms with E-state index in [-0.39, 0.29) is 0 Å². The Morgan fingerprint density at radius 3 is 2.65 bits per heavy atom. The van der Waals surface area contributed by atoms with Crippen LogP contribution in [0.25, 0.3) is 0 Å². The molecule has 0 saturated heterocycles. The predicted molar refractivity (Wildman–Crippen MR) is 72.2 cm³/mol. The number of aryl methyl sites for hydroxylation is 1. The zero-order chi connectivity index (χ0) is 12.7. The van der Waals surface area contributed by atoms with E-state index in [4.69, 9.17) is 5.26 Å². The van der Waals surface area contributed by atoms with Gasteiger partial charge in [-0.15, -0.1) is 0 Å². The third-order valence-electron chi connectivity index (χ3n) is 2.71. The van der Waals surface area contributed by atoms with Crippen molar-refractivity contribution < 1.29 is 0 Å². The van der Waals surface area contributed by atoms with Crippen molar-refractivity contribution in [2.75, 3.05) is 32.5 Å². The number of nitriles is 1. The van der Waals surface area contributed by atoms with E-state index in [0.717, 1.165) is 36.3 Å². The Morgan fingerprint density at radius 2 is 2.06 bits per heavy atom. The maximum atomic E-state index is 8.83. The lowest BCUT2D eigenvalue weighted by molar-refractivity contribution is 0.396. The van der Waals surface area contributed by atoms with Crippen LogP contribution in [0, 0.1) is 18.3 Å². The van der Waals surface area contributed by atoms with Crippen molar-refractivity contribution in [1.82, 2.24) is 4.90 Å². The van der Waals surface area contributed by atoms with E-state index in [1.165, 1.54) is 6.42 Å². The molecule has 0 aliphatic rings. The summed E-state index contributed by atoms with van der Waals surface area (Å²) in [6.07, 6.45) is 2.37. The molecule has 0 spiro atoms. The predicted octanol–water partition coefficient (Wildman–Crippen LogP) is 2.62. The maximum absolute atomic E-state index is 8.83. The van der Waals surface area contributed by atoms with Crippen LogP contribution in [0.1, 0.15) is 24.0 Å². The molecule has 0 fully saturated rings. The fourth-order valence-corrected chi connectivity index (χ4v) is 1.68. The molecule has 17 heavy (non-hydrogen) atoms. The molecule has 0 heterocycles. The molecular formula is C14H21N3. The molecule has 0 unspecified atom stereocenters. The Kier molecular flexibility index (Phi) is 5.51. The van der Waals surface area contributed by atoms with Crippen LogP contribution in [-0.2, 0) is 0 Å². The first-order chi connectivity index (χ1) is 8.13. The average Bonchev–Trinajstić information content (AvgIpc) is 2.28. The molecule has 3 nitrogen and oxygen atoms in total. The lowest BCUT2D eigenvalue weighted by atomic mass is 10.1. The van der Waals surface area contributed by atoms with Crippen LogP contribution in [0.4, 0.5) is 5.69 Å². The number of benzene rings is 1. The van der Waals surface area contributed by atoms with Crippen LogP contribution in [0.2, 0.25) is 0 Å². The van der Waals surface area contributed by atoms with E-state index in [0.29, 0.717) is 0 Å². The first-order valence-corrected chi connectivity index (χ1v) is 6.03. The second-order valence-corrected chi connectivity index (χ2v) is 4.58. The Labute approximate surface area is 104 Å². The molecule has 0 aliphatic heterocycles. The minimum Gasteiger partial charge on any atom is -0.385 e. The average molecular weight is 231 g/mol. The number of hydrogen-bond acceptors (Lipinski definition) is 3. The maximum Gasteiger partial charge on any atom is 0.0994 e. The quantitative estimate of drug-likeness (QED) is 0.765. The van der Waals surface area contributed by atoms with Crippen molar-refractivity contribution in [2.45, 2.75) is 19.8 Å². The highest BCUT2D eigenvalue weighted by Gasteiger charge is 1.98. The van der Waals surface area contributed by atoms with Crippen molar-refractivity contribution in [3.63, 3.8) is 0 Å². The lowest BCUT2D eigenvalue weighted by Crippen LogP contribution is -2.14. The molecular weight excluding hydrogens is 210 g/mol. The third kappa shape index (κ3) is 4.88. The Balaban J connectivity index is 2.33. The van der Waals surface area contributed by atoms with Gasteiger partial charge in [0, 0.05) is 12.2 Å². The largest absolute Gasteiger partial charge is 0.385 e. The van der Waals surface area contributed by atoms with Crippen LogP contribution in [0.15, 0.2) is 18.2 Å². The van der Waals surface area contributed by atoms with Crippen molar-refractivity contribution in [3.05, 3.63) is 29.3 Å². The Morgan fingerprint density at radius 1 is 1.29 bits per heavy atom. The summed E-state index contributed by atoms with van der Waals surface area (Å²) in [4.78, 5) is 2.20. The van der Waals surface area contributed by atoms with E-state index < -0.39 is 0 Å². The van der Waals surface area contributed by atoms with Crippen LogP contribution in [0.5, 0.6) is 0 Å². The molecule has 0 aromatic heterocycles. The van der Waals surface area contributed by atoms with E-state index in [1.807, 2.05) is 25.1 Å². The van der Waals surface area contributed by atoms with Crippen LogP contribution < -0.4 is 5.32 Å². The molecule has 3 heteroatoms. The second kappa shape index (κ2) is 6.93. The first-order valence-electron chi connectivity index (χ1n) is 6.03. The van der Waals surface area contributed by atoms with E-state index >= 15 is 0 Å². The zero-order valence-electron chi connectivity index (χ0n) is 11.0. The number of rotatable bonds is 6. The van der Waals surface area contributed by atoms with Gasteiger partial charge >= 0.3 is 0 Å². The summed E-state index contributed by atoms with van der Waals surface area (Å²) in [7, 11) is 4.19. The molecule has 1 N–H and O–H groups in total. The summed E-state index contributed by atoms with van der Waals surface area (Å²) in [5.41, 5.74) is 2.89. The van der Waals surface area contributed by atoms with Crippen molar-refractivity contribution in [1.29, 1.82) is 5.26 Å². The molecule has 0 saturated carbocycles. The zero-order valence-corrected chi connectivity index (χ0v) is 11.0. The fraction of sp³-hybridized carbons (Fsp3) is 0.500. The molecule has 1 rings (SSSR count). The topological polar surface area (TPSA) is 39.1 Å². The smallest absolute Gasteiger partial charge is 0.0994 e. The number of nitrogens with zero attached hydrogens (tertiary/aromatic N) is 2. The molecule has 0 radical (unpaired) electrons. The summed E-state index contributed by atoms with van der Waals surface area (Å²) >= 11 is 0. The molecule has 92 valence electrons. The Hall–Kier alpha value is -1.53.